The van der Waals surface area contributed by atoms with Crippen LogP contribution in [0.3, 0.4) is 0 Å². The van der Waals surface area contributed by atoms with Crippen LogP contribution in [0.1, 0.15) is 78.9 Å². The maximum atomic E-state index is 14.7. The third-order valence-corrected chi connectivity index (χ3v) is 9.65. The van der Waals surface area contributed by atoms with E-state index in [9.17, 15) is 14.4 Å². The van der Waals surface area contributed by atoms with Crippen LogP contribution in [0, 0.1) is 5.41 Å². The van der Waals surface area contributed by atoms with Crippen LogP contribution >= 0.6 is 11.6 Å². The number of ether oxygens (including phenoxy) is 3. The van der Waals surface area contributed by atoms with Crippen LogP contribution in [0.2, 0.25) is 5.02 Å². The highest BCUT2D eigenvalue weighted by atomic mass is 35.5. The van der Waals surface area contributed by atoms with Gasteiger partial charge in [-0.25, -0.2) is 4.79 Å². The highest BCUT2D eigenvalue weighted by Crippen LogP contribution is 2.64. The van der Waals surface area contributed by atoms with Crippen LogP contribution in [-0.4, -0.2) is 48.9 Å². The molecule has 43 heavy (non-hydrogen) atoms. The largest absolute Gasteiger partial charge is 0.465 e. The van der Waals surface area contributed by atoms with E-state index in [1.165, 1.54) is 0 Å². The average Bonchev–Trinajstić information content (AvgIpc) is 3.65. The molecule has 9 nitrogen and oxygen atoms in total. The van der Waals surface area contributed by atoms with E-state index in [1.54, 1.807) is 52.0 Å². The lowest BCUT2D eigenvalue weighted by Crippen LogP contribution is -2.70. The standard InChI is InChI=1S/C33H44ClN3O6/c1-8-33(37-28(40)43-29(3,4)5,31(7,30(6)16-17-30)22-12-10-11-13-23(22)34)26(38)36-25-15-14-21(18-24(25)35)32(19-41-20-32)27(39)42-9-2/h10-15,18H,8-9,16-17,19-20,35H2,1-7H3,(H,36,38)(H,37,40)/t31-,33?/m0/s1. The molecule has 0 spiro atoms. The van der Waals surface area contributed by atoms with Gasteiger partial charge in [-0.05, 0) is 81.7 Å². The second-order valence-electron chi connectivity index (χ2n) is 13.1. The molecule has 0 aromatic heterocycles. The summed E-state index contributed by atoms with van der Waals surface area (Å²) in [6.45, 7) is 13.7. The Morgan fingerprint density at radius 1 is 1.05 bits per heavy atom. The van der Waals surface area contributed by atoms with Crippen LogP contribution in [0.5, 0.6) is 0 Å². The summed E-state index contributed by atoms with van der Waals surface area (Å²) in [4.78, 5) is 40.9. The van der Waals surface area contributed by atoms with Crippen molar-refractivity contribution in [1.82, 2.24) is 5.32 Å². The Morgan fingerprint density at radius 2 is 1.70 bits per heavy atom. The van der Waals surface area contributed by atoms with Crippen LogP contribution < -0.4 is 16.4 Å². The van der Waals surface area contributed by atoms with Gasteiger partial charge in [-0.2, -0.15) is 0 Å². The summed E-state index contributed by atoms with van der Waals surface area (Å²) >= 11 is 6.82. The van der Waals surface area contributed by atoms with Crippen molar-refractivity contribution in [2.75, 3.05) is 30.9 Å². The Hall–Kier alpha value is -3.30. The number of halogens is 1. The Balaban J connectivity index is 1.79. The Bertz CT molecular complexity index is 1400. The molecule has 2 fully saturated rings. The zero-order valence-electron chi connectivity index (χ0n) is 26.2. The van der Waals surface area contributed by atoms with E-state index in [0.29, 0.717) is 16.3 Å². The van der Waals surface area contributed by atoms with Crippen LogP contribution in [0.15, 0.2) is 42.5 Å². The summed E-state index contributed by atoms with van der Waals surface area (Å²) in [5.41, 5.74) is 3.98. The molecule has 0 radical (unpaired) electrons. The van der Waals surface area contributed by atoms with Gasteiger partial charge in [0.2, 0.25) is 0 Å². The number of nitrogens with two attached hydrogens (primary N) is 1. The van der Waals surface area contributed by atoms with Crippen molar-refractivity contribution in [3.63, 3.8) is 0 Å². The fraction of sp³-hybridized carbons (Fsp3) is 0.545. The molecule has 2 atom stereocenters. The highest BCUT2D eigenvalue weighted by molar-refractivity contribution is 6.31. The molecule has 2 aromatic rings. The minimum absolute atomic E-state index is 0.185. The Labute approximate surface area is 259 Å². The minimum atomic E-state index is -1.50. The van der Waals surface area contributed by atoms with Crippen molar-refractivity contribution in [2.45, 2.75) is 89.7 Å². The van der Waals surface area contributed by atoms with Gasteiger partial charge in [0.15, 0.2) is 0 Å². The molecule has 2 amide bonds. The summed E-state index contributed by atoms with van der Waals surface area (Å²) in [6, 6.07) is 12.5. The zero-order chi connectivity index (χ0) is 31.8. The summed E-state index contributed by atoms with van der Waals surface area (Å²) in [5, 5.41) is 6.54. The van der Waals surface area contributed by atoms with Gasteiger partial charge >= 0.3 is 12.1 Å². The van der Waals surface area contributed by atoms with Crippen molar-refractivity contribution < 1.29 is 28.6 Å². The van der Waals surface area contributed by atoms with Gasteiger partial charge in [-0.1, -0.05) is 56.6 Å². The Morgan fingerprint density at radius 3 is 2.19 bits per heavy atom. The first-order valence-corrected chi connectivity index (χ1v) is 15.2. The second-order valence-corrected chi connectivity index (χ2v) is 13.5. The van der Waals surface area contributed by atoms with E-state index < -0.39 is 34.0 Å². The van der Waals surface area contributed by atoms with Gasteiger partial charge in [0, 0.05) is 10.4 Å². The number of carbonyl (C=O) groups excluding carboxylic acids is 3. The summed E-state index contributed by atoms with van der Waals surface area (Å²) < 4.78 is 16.4. The molecule has 2 aromatic carbocycles. The smallest absolute Gasteiger partial charge is 0.408 e. The maximum absolute atomic E-state index is 14.7. The number of nitrogens with one attached hydrogen (secondary N) is 2. The molecular formula is C33H44ClN3O6. The fourth-order valence-corrected chi connectivity index (χ4v) is 6.62. The van der Waals surface area contributed by atoms with Crippen LogP contribution in [-0.2, 0) is 34.6 Å². The van der Waals surface area contributed by atoms with Gasteiger partial charge in [-0.15, -0.1) is 0 Å². The first-order valence-electron chi connectivity index (χ1n) is 14.8. The van der Waals surface area contributed by atoms with Crippen LogP contribution in [0.25, 0.3) is 0 Å². The quantitative estimate of drug-likeness (QED) is 0.217. The number of anilines is 2. The summed E-state index contributed by atoms with van der Waals surface area (Å²) in [7, 11) is 0. The third-order valence-electron chi connectivity index (χ3n) is 9.32. The molecule has 4 rings (SSSR count). The Kier molecular flexibility index (Phi) is 8.84. The molecule has 0 bridgehead atoms. The fourth-order valence-electron chi connectivity index (χ4n) is 6.29. The van der Waals surface area contributed by atoms with E-state index in [1.807, 2.05) is 32.0 Å². The first kappa shape index (κ1) is 32.6. The lowest BCUT2D eigenvalue weighted by molar-refractivity contribution is -0.169. The molecule has 1 unspecified atom stereocenters. The van der Waals surface area contributed by atoms with Crippen LogP contribution in [0.4, 0.5) is 16.2 Å². The molecule has 1 aliphatic carbocycles. The van der Waals surface area contributed by atoms with Gasteiger partial charge in [-0.3, -0.25) is 9.59 Å². The summed E-state index contributed by atoms with van der Waals surface area (Å²) in [6.07, 6.45) is 1.21. The number of amides is 2. The normalized spacial score (nSPS) is 19.5. The second kappa shape index (κ2) is 11.7. The number of hydrogen-bond donors (Lipinski definition) is 3. The summed E-state index contributed by atoms with van der Waals surface area (Å²) in [5.74, 6) is -0.833. The number of benzene rings is 2. The van der Waals surface area contributed by atoms with Crippen molar-refractivity contribution in [2.24, 2.45) is 5.41 Å². The molecule has 1 heterocycles. The van der Waals surface area contributed by atoms with E-state index in [0.717, 1.165) is 18.4 Å². The maximum Gasteiger partial charge on any atom is 0.408 e. The zero-order valence-corrected chi connectivity index (χ0v) is 26.9. The molecule has 234 valence electrons. The van der Waals surface area contributed by atoms with E-state index in [2.05, 4.69) is 17.6 Å². The lowest BCUT2D eigenvalue weighted by Gasteiger charge is -2.52. The number of alkyl carbamates (subject to hydrolysis) is 1. The molecule has 1 saturated carbocycles. The molecule has 1 aliphatic heterocycles. The number of nitrogen functional groups attached to an aromatic ring is 1. The predicted molar refractivity (Wildman–Crippen MR) is 167 cm³/mol. The first-order chi connectivity index (χ1) is 20.1. The van der Waals surface area contributed by atoms with Gasteiger partial charge in [0.1, 0.15) is 16.6 Å². The van der Waals surface area contributed by atoms with Gasteiger partial charge < -0.3 is 30.6 Å². The monoisotopic (exact) mass is 613 g/mol. The van der Waals surface area contributed by atoms with Crippen molar-refractivity contribution in [1.29, 1.82) is 0 Å². The third kappa shape index (κ3) is 5.69. The van der Waals surface area contributed by atoms with E-state index in [-0.39, 0.29) is 43.3 Å². The number of hydrogen-bond acceptors (Lipinski definition) is 7. The minimum Gasteiger partial charge on any atom is -0.465 e. The molecule has 10 heteroatoms. The molecule has 1 saturated heterocycles. The van der Waals surface area contributed by atoms with E-state index in [4.69, 9.17) is 31.5 Å². The number of esters is 1. The van der Waals surface area contributed by atoms with Gasteiger partial charge in [0.05, 0.1) is 31.2 Å². The lowest BCUT2D eigenvalue weighted by atomic mass is 9.56. The molecule has 2 aliphatic rings. The topological polar surface area (TPSA) is 129 Å². The molecule has 4 N–H and O–H groups in total. The number of carbonyl (C=O) groups is 3. The van der Waals surface area contributed by atoms with Crippen molar-refractivity contribution in [3.8, 4) is 0 Å². The SMILES string of the molecule is CCOC(=O)C1(c2ccc(NC(=O)C(CC)(NC(=O)OC(C)(C)C)[C@@](C)(c3ccccc3Cl)C3(C)CC3)c(N)c2)COC1. The average molecular weight is 614 g/mol. The molecular weight excluding hydrogens is 570 g/mol. The highest BCUT2D eigenvalue weighted by Gasteiger charge is 2.67. The van der Waals surface area contributed by atoms with Crippen molar-refractivity contribution in [3.05, 3.63) is 58.6 Å². The predicted octanol–water partition coefficient (Wildman–Crippen LogP) is 6.12. The van der Waals surface area contributed by atoms with E-state index >= 15 is 0 Å². The van der Waals surface area contributed by atoms with Gasteiger partial charge in [0.25, 0.3) is 5.91 Å². The van der Waals surface area contributed by atoms with Crippen molar-refractivity contribution >= 4 is 40.9 Å². The number of rotatable bonds is 10.